The molecule has 0 atom stereocenters. The highest BCUT2D eigenvalue weighted by molar-refractivity contribution is 5.78. The van der Waals surface area contributed by atoms with Gasteiger partial charge in [0.1, 0.15) is 12.0 Å². The third-order valence-corrected chi connectivity index (χ3v) is 3.91. The molecule has 0 aliphatic carbocycles. The molecule has 1 aromatic rings. The number of nitro groups is 1. The van der Waals surface area contributed by atoms with Gasteiger partial charge in [-0.1, -0.05) is 0 Å². The second-order valence-corrected chi connectivity index (χ2v) is 5.70. The van der Waals surface area contributed by atoms with Gasteiger partial charge in [0.05, 0.1) is 18.1 Å². The maximum absolute atomic E-state index is 11.8. The number of hydrogen-bond acceptors (Lipinski definition) is 7. The van der Waals surface area contributed by atoms with Gasteiger partial charge in [0.15, 0.2) is 0 Å². The number of ether oxygens (including phenoxy) is 1. The predicted molar refractivity (Wildman–Crippen MR) is 89.2 cm³/mol. The molecule has 1 aliphatic heterocycles. The van der Waals surface area contributed by atoms with Crippen LogP contribution in [0.25, 0.3) is 0 Å². The van der Waals surface area contributed by atoms with E-state index in [1.807, 2.05) is 6.92 Å². The lowest BCUT2D eigenvalue weighted by Gasteiger charge is -2.35. The number of nitrogens with one attached hydrogen (secondary N) is 1. The Morgan fingerprint density at radius 1 is 1.42 bits per heavy atom. The summed E-state index contributed by atoms with van der Waals surface area (Å²) in [7, 11) is 1.60. The van der Waals surface area contributed by atoms with Gasteiger partial charge in [0, 0.05) is 45.9 Å². The van der Waals surface area contributed by atoms with Crippen LogP contribution >= 0.6 is 0 Å². The SMILES string of the molecule is COCCNC(=O)CN1CCN(c2ncc([N+](=O)[O-])cc2C)CC1. The molecule has 9 nitrogen and oxygen atoms in total. The molecule has 1 N–H and O–H groups in total. The Hall–Kier alpha value is -2.26. The first-order chi connectivity index (χ1) is 11.5. The van der Waals surface area contributed by atoms with Gasteiger partial charge in [-0.2, -0.15) is 0 Å². The fourth-order valence-corrected chi connectivity index (χ4v) is 2.65. The molecule has 1 amide bonds. The average Bonchev–Trinajstić information content (AvgIpc) is 2.56. The zero-order valence-electron chi connectivity index (χ0n) is 14.0. The van der Waals surface area contributed by atoms with Gasteiger partial charge in [-0.15, -0.1) is 0 Å². The summed E-state index contributed by atoms with van der Waals surface area (Å²) >= 11 is 0. The van der Waals surface area contributed by atoms with Gasteiger partial charge in [0.2, 0.25) is 5.91 Å². The first-order valence-corrected chi connectivity index (χ1v) is 7.85. The Morgan fingerprint density at radius 3 is 2.71 bits per heavy atom. The number of carbonyl (C=O) groups excluding carboxylic acids is 1. The largest absolute Gasteiger partial charge is 0.383 e. The van der Waals surface area contributed by atoms with Crippen molar-refractivity contribution < 1.29 is 14.5 Å². The van der Waals surface area contributed by atoms with Crippen molar-refractivity contribution in [3.63, 3.8) is 0 Å². The molecule has 132 valence electrons. The van der Waals surface area contributed by atoms with Gasteiger partial charge in [0.25, 0.3) is 5.69 Å². The number of amides is 1. The molecular formula is C15H23N5O4. The van der Waals surface area contributed by atoms with Crippen LogP contribution in [0.3, 0.4) is 0 Å². The molecule has 9 heteroatoms. The van der Waals surface area contributed by atoms with E-state index in [4.69, 9.17) is 4.74 Å². The molecule has 0 bridgehead atoms. The molecule has 0 aromatic carbocycles. The van der Waals surface area contributed by atoms with E-state index >= 15 is 0 Å². The number of rotatable bonds is 7. The molecule has 0 saturated carbocycles. The maximum Gasteiger partial charge on any atom is 0.287 e. The molecule has 0 radical (unpaired) electrons. The summed E-state index contributed by atoms with van der Waals surface area (Å²) < 4.78 is 4.90. The Balaban J connectivity index is 1.84. The van der Waals surface area contributed by atoms with Crippen LogP contribution in [0.5, 0.6) is 0 Å². The summed E-state index contributed by atoms with van der Waals surface area (Å²) in [6.45, 7) is 6.17. The van der Waals surface area contributed by atoms with Crippen LogP contribution in [0.1, 0.15) is 5.56 Å². The standard InChI is InChI=1S/C15H23N5O4/c1-12-9-13(20(22)23)10-17-15(12)19-6-4-18(5-7-19)11-14(21)16-3-8-24-2/h9-10H,3-8,11H2,1-2H3,(H,16,21). The van der Waals surface area contributed by atoms with Gasteiger partial charge in [-0.05, 0) is 12.5 Å². The number of piperazine rings is 1. The molecule has 24 heavy (non-hydrogen) atoms. The summed E-state index contributed by atoms with van der Waals surface area (Å²) in [6.07, 6.45) is 1.29. The third-order valence-electron chi connectivity index (χ3n) is 3.91. The minimum absolute atomic E-state index is 0.00242. The van der Waals surface area contributed by atoms with E-state index in [0.717, 1.165) is 37.6 Å². The number of aryl methyl sites for hydroxylation is 1. The van der Waals surface area contributed by atoms with E-state index in [0.29, 0.717) is 19.7 Å². The van der Waals surface area contributed by atoms with E-state index in [2.05, 4.69) is 20.1 Å². The van der Waals surface area contributed by atoms with E-state index in [-0.39, 0.29) is 11.6 Å². The van der Waals surface area contributed by atoms with Crippen molar-refractivity contribution in [1.29, 1.82) is 0 Å². The van der Waals surface area contributed by atoms with Crippen LogP contribution in [0.2, 0.25) is 0 Å². The second-order valence-electron chi connectivity index (χ2n) is 5.70. The molecule has 1 fully saturated rings. The fourth-order valence-electron chi connectivity index (χ4n) is 2.65. The summed E-state index contributed by atoms with van der Waals surface area (Å²) in [5, 5.41) is 13.6. The van der Waals surface area contributed by atoms with Crippen LogP contribution in [0.15, 0.2) is 12.3 Å². The van der Waals surface area contributed by atoms with Crippen molar-refractivity contribution in [3.8, 4) is 0 Å². The lowest BCUT2D eigenvalue weighted by molar-refractivity contribution is -0.385. The number of pyridine rings is 1. The Labute approximate surface area is 140 Å². The first kappa shape index (κ1) is 18.1. The smallest absolute Gasteiger partial charge is 0.287 e. The number of methoxy groups -OCH3 is 1. The molecule has 2 heterocycles. The first-order valence-electron chi connectivity index (χ1n) is 7.85. The van der Waals surface area contributed by atoms with Crippen molar-refractivity contribution in [2.45, 2.75) is 6.92 Å². The molecule has 1 aliphatic rings. The Kier molecular flexibility index (Phi) is 6.44. The van der Waals surface area contributed by atoms with Gasteiger partial charge >= 0.3 is 0 Å². The zero-order valence-corrected chi connectivity index (χ0v) is 14.0. The minimum atomic E-state index is -0.441. The van der Waals surface area contributed by atoms with Crippen molar-refractivity contribution in [3.05, 3.63) is 27.9 Å². The van der Waals surface area contributed by atoms with E-state index in [9.17, 15) is 14.9 Å². The molecule has 0 unspecified atom stereocenters. The Bertz CT molecular complexity index is 587. The normalized spacial score (nSPS) is 15.3. The third kappa shape index (κ3) is 4.87. The summed E-state index contributed by atoms with van der Waals surface area (Å²) in [6, 6.07) is 1.54. The van der Waals surface area contributed by atoms with Crippen molar-refractivity contribution >= 4 is 17.4 Å². The van der Waals surface area contributed by atoms with Crippen LogP contribution in [0.4, 0.5) is 11.5 Å². The average molecular weight is 337 g/mol. The summed E-state index contributed by atoms with van der Waals surface area (Å²) in [5.74, 6) is 0.759. The number of aromatic nitrogens is 1. The maximum atomic E-state index is 11.8. The van der Waals surface area contributed by atoms with Crippen molar-refractivity contribution in [2.24, 2.45) is 0 Å². The van der Waals surface area contributed by atoms with E-state index in [1.165, 1.54) is 12.3 Å². The number of carbonyl (C=O) groups is 1. The number of hydrogen-bond donors (Lipinski definition) is 1. The second kappa shape index (κ2) is 8.55. The predicted octanol–water partition coefficient (Wildman–Crippen LogP) is 0.183. The Morgan fingerprint density at radius 2 is 2.12 bits per heavy atom. The van der Waals surface area contributed by atoms with Gasteiger partial charge < -0.3 is 15.0 Å². The van der Waals surface area contributed by atoms with E-state index < -0.39 is 4.92 Å². The van der Waals surface area contributed by atoms with Gasteiger partial charge in [-0.3, -0.25) is 19.8 Å². The van der Waals surface area contributed by atoms with Gasteiger partial charge in [-0.25, -0.2) is 4.98 Å². The minimum Gasteiger partial charge on any atom is -0.383 e. The molecule has 1 aromatic heterocycles. The quantitative estimate of drug-likeness (QED) is 0.430. The van der Waals surface area contributed by atoms with Crippen molar-refractivity contribution in [1.82, 2.24) is 15.2 Å². The van der Waals surface area contributed by atoms with E-state index in [1.54, 1.807) is 7.11 Å². The summed E-state index contributed by atoms with van der Waals surface area (Å²) in [5.41, 5.74) is 0.789. The summed E-state index contributed by atoms with van der Waals surface area (Å²) in [4.78, 5) is 30.5. The molecule has 2 rings (SSSR count). The highest BCUT2D eigenvalue weighted by Crippen LogP contribution is 2.22. The number of anilines is 1. The van der Waals surface area contributed by atoms with Crippen LogP contribution in [-0.2, 0) is 9.53 Å². The lowest BCUT2D eigenvalue weighted by Crippen LogP contribution is -2.50. The highest BCUT2D eigenvalue weighted by atomic mass is 16.6. The monoisotopic (exact) mass is 337 g/mol. The molecule has 0 spiro atoms. The van der Waals surface area contributed by atoms with Crippen LogP contribution in [0, 0.1) is 17.0 Å². The lowest BCUT2D eigenvalue weighted by atomic mass is 10.2. The van der Waals surface area contributed by atoms with Crippen LogP contribution in [-0.4, -0.2) is 73.7 Å². The molecule has 1 saturated heterocycles. The fraction of sp³-hybridized carbons (Fsp3) is 0.600. The van der Waals surface area contributed by atoms with Crippen LogP contribution < -0.4 is 10.2 Å². The highest BCUT2D eigenvalue weighted by Gasteiger charge is 2.21. The van der Waals surface area contributed by atoms with Crippen molar-refractivity contribution in [2.75, 3.05) is 57.9 Å². The molecular weight excluding hydrogens is 314 g/mol. The topological polar surface area (TPSA) is 101 Å². The number of nitrogens with zero attached hydrogens (tertiary/aromatic N) is 4. The zero-order chi connectivity index (χ0) is 17.5.